The van der Waals surface area contributed by atoms with Crippen LogP contribution in [0.4, 0.5) is 0 Å². The summed E-state index contributed by atoms with van der Waals surface area (Å²) in [7, 11) is -2.23. The number of methoxy groups -OCH3 is 1. The van der Waals surface area contributed by atoms with Crippen molar-refractivity contribution < 1.29 is 17.9 Å². The molecule has 2 aliphatic rings. The number of hydrogen-bond donors (Lipinski definition) is 1. The summed E-state index contributed by atoms with van der Waals surface area (Å²) in [6, 6.07) is 4.75. The number of hydrogen-bond acceptors (Lipinski definition) is 5. The van der Waals surface area contributed by atoms with E-state index in [-0.39, 0.29) is 35.0 Å². The highest BCUT2D eigenvalue weighted by molar-refractivity contribution is 7.89. The van der Waals surface area contributed by atoms with E-state index in [0.29, 0.717) is 37.7 Å². The van der Waals surface area contributed by atoms with E-state index in [1.165, 1.54) is 17.5 Å². The standard InChI is InChI=1S/C18H27N3O4S.ClH/c1-13-9-14(11-19)12-21(13)18(22)15-5-6-16(25-2)17(10-15)26(23,24)20-7-3-4-8-20;/h5-6,10,13-14H,3-4,7-9,11-12,19H2,1-2H3;1H. The summed E-state index contributed by atoms with van der Waals surface area (Å²) in [6.07, 6.45) is 2.58. The zero-order valence-electron chi connectivity index (χ0n) is 15.8. The third-order valence-electron chi connectivity index (χ3n) is 5.35. The van der Waals surface area contributed by atoms with Crippen molar-refractivity contribution in [1.29, 1.82) is 0 Å². The van der Waals surface area contributed by atoms with Crippen molar-refractivity contribution >= 4 is 28.3 Å². The van der Waals surface area contributed by atoms with Crippen LogP contribution in [0.25, 0.3) is 0 Å². The first-order chi connectivity index (χ1) is 12.4. The molecule has 0 aliphatic carbocycles. The van der Waals surface area contributed by atoms with Gasteiger partial charge in [0, 0.05) is 31.2 Å². The molecule has 2 unspecified atom stereocenters. The molecule has 1 aromatic carbocycles. The molecule has 2 fully saturated rings. The molecule has 27 heavy (non-hydrogen) atoms. The molecule has 3 rings (SSSR count). The summed E-state index contributed by atoms with van der Waals surface area (Å²) < 4.78 is 32.7. The van der Waals surface area contributed by atoms with E-state index in [4.69, 9.17) is 10.5 Å². The number of halogens is 1. The van der Waals surface area contributed by atoms with Crippen molar-refractivity contribution in [2.75, 3.05) is 33.3 Å². The molecule has 1 aromatic rings. The minimum Gasteiger partial charge on any atom is -0.495 e. The SMILES string of the molecule is COc1ccc(C(=O)N2CC(CN)CC2C)cc1S(=O)(=O)N1CCCC1.Cl. The third kappa shape index (κ3) is 4.23. The lowest BCUT2D eigenvalue weighted by atomic mass is 10.1. The maximum Gasteiger partial charge on any atom is 0.254 e. The van der Waals surface area contributed by atoms with Crippen LogP contribution in [0, 0.1) is 5.92 Å². The number of likely N-dealkylation sites (tertiary alicyclic amines) is 1. The Morgan fingerprint density at radius 2 is 1.96 bits per heavy atom. The summed E-state index contributed by atoms with van der Waals surface area (Å²) in [6.45, 7) is 4.16. The third-order valence-corrected chi connectivity index (χ3v) is 7.27. The van der Waals surface area contributed by atoms with Gasteiger partial charge in [-0.15, -0.1) is 12.4 Å². The number of sulfonamides is 1. The van der Waals surface area contributed by atoms with Crippen LogP contribution in [0.3, 0.4) is 0 Å². The molecule has 2 N–H and O–H groups in total. The topological polar surface area (TPSA) is 92.9 Å². The van der Waals surface area contributed by atoms with Gasteiger partial charge in [-0.2, -0.15) is 4.31 Å². The first-order valence-electron chi connectivity index (χ1n) is 9.07. The fraction of sp³-hybridized carbons (Fsp3) is 0.611. The fourth-order valence-corrected chi connectivity index (χ4v) is 5.54. The Balaban J connectivity index is 0.00000261. The number of rotatable bonds is 5. The van der Waals surface area contributed by atoms with Crippen molar-refractivity contribution in [3.63, 3.8) is 0 Å². The Bertz CT molecular complexity index is 781. The zero-order valence-corrected chi connectivity index (χ0v) is 17.4. The van der Waals surface area contributed by atoms with Crippen molar-refractivity contribution in [3.05, 3.63) is 23.8 Å². The molecule has 2 atom stereocenters. The Morgan fingerprint density at radius 3 is 2.52 bits per heavy atom. The van der Waals surface area contributed by atoms with Gasteiger partial charge < -0.3 is 15.4 Å². The van der Waals surface area contributed by atoms with Crippen molar-refractivity contribution in [2.24, 2.45) is 11.7 Å². The van der Waals surface area contributed by atoms with E-state index in [9.17, 15) is 13.2 Å². The summed E-state index contributed by atoms with van der Waals surface area (Å²) in [5.74, 6) is 0.400. The van der Waals surface area contributed by atoms with E-state index in [2.05, 4.69) is 0 Å². The molecule has 2 saturated heterocycles. The van der Waals surface area contributed by atoms with E-state index >= 15 is 0 Å². The average molecular weight is 418 g/mol. The highest BCUT2D eigenvalue weighted by atomic mass is 35.5. The highest BCUT2D eigenvalue weighted by Crippen LogP contribution is 2.31. The molecule has 152 valence electrons. The van der Waals surface area contributed by atoms with Crippen LogP contribution < -0.4 is 10.5 Å². The normalized spacial score (nSPS) is 23.3. The van der Waals surface area contributed by atoms with Crippen LogP contribution in [0.2, 0.25) is 0 Å². The maximum absolute atomic E-state index is 13.0. The number of nitrogens with two attached hydrogens (primary N) is 1. The Kier molecular flexibility index (Phi) is 7.13. The van der Waals surface area contributed by atoms with Gasteiger partial charge in [-0.25, -0.2) is 8.42 Å². The van der Waals surface area contributed by atoms with Gasteiger partial charge in [-0.3, -0.25) is 4.79 Å². The minimum absolute atomic E-state index is 0. The zero-order chi connectivity index (χ0) is 18.9. The number of benzene rings is 1. The van der Waals surface area contributed by atoms with E-state index in [1.54, 1.807) is 17.0 Å². The van der Waals surface area contributed by atoms with Gasteiger partial charge in [0.15, 0.2) is 0 Å². The van der Waals surface area contributed by atoms with Crippen LogP contribution in [-0.4, -0.2) is 62.9 Å². The monoisotopic (exact) mass is 417 g/mol. The Hall–Kier alpha value is -1.35. The minimum atomic E-state index is -3.67. The van der Waals surface area contributed by atoms with Crippen LogP contribution in [-0.2, 0) is 10.0 Å². The van der Waals surface area contributed by atoms with Gasteiger partial charge in [-0.1, -0.05) is 0 Å². The van der Waals surface area contributed by atoms with E-state index in [0.717, 1.165) is 19.3 Å². The molecule has 0 bridgehead atoms. The molecule has 1 amide bonds. The average Bonchev–Trinajstić information content (AvgIpc) is 3.30. The lowest BCUT2D eigenvalue weighted by molar-refractivity contribution is 0.0743. The predicted molar refractivity (Wildman–Crippen MR) is 106 cm³/mol. The summed E-state index contributed by atoms with van der Waals surface area (Å²) in [5.41, 5.74) is 6.12. The lowest BCUT2D eigenvalue weighted by Crippen LogP contribution is -2.34. The second kappa shape index (κ2) is 8.77. The van der Waals surface area contributed by atoms with Crippen LogP contribution in [0.1, 0.15) is 36.5 Å². The molecule has 9 heteroatoms. The van der Waals surface area contributed by atoms with Gasteiger partial charge in [-0.05, 0) is 56.8 Å². The molecular formula is C18H28ClN3O4S. The Labute approximate surface area is 167 Å². The smallest absolute Gasteiger partial charge is 0.254 e. The van der Waals surface area contributed by atoms with Gasteiger partial charge in [0.2, 0.25) is 10.0 Å². The summed E-state index contributed by atoms with van der Waals surface area (Å²) in [5, 5.41) is 0. The molecule has 7 nitrogen and oxygen atoms in total. The number of ether oxygens (including phenoxy) is 1. The van der Waals surface area contributed by atoms with Gasteiger partial charge in [0.1, 0.15) is 10.6 Å². The number of amides is 1. The molecule has 0 spiro atoms. The molecular weight excluding hydrogens is 390 g/mol. The van der Waals surface area contributed by atoms with Crippen molar-refractivity contribution in [1.82, 2.24) is 9.21 Å². The second-order valence-corrected chi connectivity index (χ2v) is 9.03. The number of nitrogens with zero attached hydrogens (tertiary/aromatic N) is 2. The van der Waals surface area contributed by atoms with Gasteiger partial charge in [0.25, 0.3) is 5.91 Å². The molecule has 0 saturated carbocycles. The highest BCUT2D eigenvalue weighted by Gasteiger charge is 2.34. The van der Waals surface area contributed by atoms with Crippen LogP contribution in [0.15, 0.2) is 23.1 Å². The van der Waals surface area contributed by atoms with E-state index < -0.39 is 10.0 Å². The fourth-order valence-electron chi connectivity index (χ4n) is 3.84. The molecule has 0 aromatic heterocycles. The number of carbonyl (C=O) groups is 1. The predicted octanol–water partition coefficient (Wildman–Crippen LogP) is 1.71. The van der Waals surface area contributed by atoms with Gasteiger partial charge in [0.05, 0.1) is 7.11 Å². The number of carbonyl (C=O) groups excluding carboxylic acids is 1. The molecule has 2 aliphatic heterocycles. The first-order valence-corrected chi connectivity index (χ1v) is 10.5. The van der Waals surface area contributed by atoms with Gasteiger partial charge >= 0.3 is 0 Å². The maximum atomic E-state index is 13.0. The Morgan fingerprint density at radius 1 is 1.30 bits per heavy atom. The van der Waals surface area contributed by atoms with E-state index in [1.807, 2.05) is 6.92 Å². The first kappa shape index (κ1) is 21.9. The van der Waals surface area contributed by atoms with Crippen LogP contribution in [0.5, 0.6) is 5.75 Å². The largest absolute Gasteiger partial charge is 0.495 e. The second-order valence-electron chi connectivity index (χ2n) is 7.12. The van der Waals surface area contributed by atoms with Crippen LogP contribution >= 0.6 is 12.4 Å². The summed E-state index contributed by atoms with van der Waals surface area (Å²) in [4.78, 5) is 14.8. The molecule has 2 heterocycles. The quantitative estimate of drug-likeness (QED) is 0.787. The summed E-state index contributed by atoms with van der Waals surface area (Å²) >= 11 is 0. The molecule has 0 radical (unpaired) electrons. The van der Waals surface area contributed by atoms with Crippen molar-refractivity contribution in [2.45, 2.75) is 37.1 Å². The van der Waals surface area contributed by atoms with Crippen molar-refractivity contribution in [3.8, 4) is 5.75 Å². The lowest BCUT2D eigenvalue weighted by Gasteiger charge is -2.23.